The molecule has 0 N–H and O–H groups in total. The van der Waals surface area contributed by atoms with Gasteiger partial charge in [0.1, 0.15) is 0 Å². The van der Waals surface area contributed by atoms with E-state index in [0.29, 0.717) is 2.33 Å². The van der Waals surface area contributed by atoms with E-state index >= 15 is 0 Å². The van der Waals surface area contributed by atoms with Crippen LogP contribution in [0.25, 0.3) is 0 Å². The summed E-state index contributed by atoms with van der Waals surface area (Å²) >= 11 is 5.82. The third-order valence-electron chi connectivity index (χ3n) is 0.621. The molecular weight excluding hydrogens is 255 g/mol. The minimum atomic E-state index is 0.324. The van der Waals surface area contributed by atoms with E-state index in [4.69, 9.17) is 0 Å². The van der Waals surface area contributed by atoms with Crippen molar-refractivity contribution in [2.24, 2.45) is 0 Å². The van der Waals surface area contributed by atoms with Gasteiger partial charge in [-0.05, 0) is 13.3 Å². The lowest BCUT2D eigenvalue weighted by molar-refractivity contribution is 0.896. The maximum Gasteiger partial charge on any atom is 0.0739 e. The van der Waals surface area contributed by atoms with Crippen molar-refractivity contribution in [2.75, 3.05) is 0 Å². The number of hydrogen-bond acceptors (Lipinski definition) is 0. The lowest BCUT2D eigenvalue weighted by Gasteiger charge is -2.07. The van der Waals surface area contributed by atoms with Crippen LogP contribution in [-0.2, 0) is 0 Å². The minimum absolute atomic E-state index is 0.324. The molecule has 1 atom stereocenters. The molecule has 0 saturated carbocycles. The van der Waals surface area contributed by atoms with Gasteiger partial charge in [0.2, 0.25) is 0 Å². The highest BCUT2D eigenvalue weighted by atomic mass is 127. The molecule has 6 heavy (non-hydrogen) atoms. The summed E-state index contributed by atoms with van der Waals surface area (Å²) < 4.78 is 0.324. The zero-order valence-electron chi connectivity index (χ0n) is 3.96. The molecule has 0 saturated heterocycles. The Balaban J connectivity index is 3.17. The molecular formula is C4H8BrI. The largest absolute Gasteiger partial charge is 0.0740 e. The van der Waals surface area contributed by atoms with Crippen LogP contribution in [0.4, 0.5) is 0 Å². The molecule has 0 aromatic heterocycles. The second-order valence-corrected chi connectivity index (χ2v) is 7.04. The zero-order valence-corrected chi connectivity index (χ0v) is 7.71. The van der Waals surface area contributed by atoms with Crippen molar-refractivity contribution in [2.45, 2.75) is 22.6 Å². The Morgan fingerprint density at radius 1 is 1.83 bits per heavy atom. The number of alkyl halides is 2. The third kappa shape index (κ3) is 5.21. The smallest absolute Gasteiger partial charge is 0.0739 e. The first-order chi connectivity index (χ1) is 2.56. The zero-order chi connectivity index (χ0) is 5.21. The van der Waals surface area contributed by atoms with Gasteiger partial charge in [-0.25, -0.2) is 0 Å². The molecule has 0 heterocycles. The van der Waals surface area contributed by atoms with Crippen LogP contribution in [0.3, 0.4) is 0 Å². The van der Waals surface area contributed by atoms with Crippen molar-refractivity contribution < 1.29 is 0 Å². The van der Waals surface area contributed by atoms with E-state index in [-0.39, 0.29) is 0 Å². The first kappa shape index (κ1) is 7.21. The standard InChI is InChI=1S/C4H8BrI/c1-3-4(2,5)6/h3H2,1-2H3. The Kier molecular flexibility index (Phi) is 3.01. The minimum Gasteiger partial charge on any atom is -0.0740 e. The summed E-state index contributed by atoms with van der Waals surface area (Å²) in [5, 5.41) is 0. The van der Waals surface area contributed by atoms with Gasteiger partial charge in [-0.3, -0.25) is 0 Å². The Hall–Kier alpha value is 1.21. The van der Waals surface area contributed by atoms with Gasteiger partial charge in [0.05, 0.1) is 2.33 Å². The van der Waals surface area contributed by atoms with E-state index in [1.54, 1.807) is 0 Å². The van der Waals surface area contributed by atoms with Crippen LogP contribution < -0.4 is 0 Å². The molecule has 1 unspecified atom stereocenters. The van der Waals surface area contributed by atoms with Gasteiger partial charge in [0.25, 0.3) is 0 Å². The van der Waals surface area contributed by atoms with E-state index in [0.717, 1.165) is 0 Å². The average Bonchev–Trinajstić information content (AvgIpc) is 1.35. The molecule has 2 heteroatoms. The average molecular weight is 263 g/mol. The van der Waals surface area contributed by atoms with Crippen LogP contribution >= 0.6 is 38.5 Å². The molecule has 0 fully saturated rings. The highest BCUT2D eigenvalue weighted by Gasteiger charge is 2.08. The van der Waals surface area contributed by atoms with Crippen molar-refractivity contribution in [3.8, 4) is 0 Å². The lowest BCUT2D eigenvalue weighted by atomic mass is 10.4. The summed E-state index contributed by atoms with van der Waals surface area (Å²) in [6, 6.07) is 0. The Morgan fingerprint density at radius 2 is 2.00 bits per heavy atom. The highest BCUT2D eigenvalue weighted by molar-refractivity contribution is 14.1. The molecule has 0 spiro atoms. The van der Waals surface area contributed by atoms with Gasteiger partial charge < -0.3 is 0 Å². The van der Waals surface area contributed by atoms with Crippen LogP contribution in [0.15, 0.2) is 0 Å². The molecule has 0 nitrogen and oxygen atoms in total. The number of rotatable bonds is 1. The summed E-state index contributed by atoms with van der Waals surface area (Å²) in [6.07, 6.45) is 1.17. The van der Waals surface area contributed by atoms with Gasteiger partial charge in [0.15, 0.2) is 0 Å². The molecule has 0 aliphatic heterocycles. The van der Waals surface area contributed by atoms with Crippen molar-refractivity contribution in [3.05, 3.63) is 0 Å². The monoisotopic (exact) mass is 262 g/mol. The van der Waals surface area contributed by atoms with E-state index in [2.05, 4.69) is 52.4 Å². The fourth-order valence-corrected chi connectivity index (χ4v) is 0. The SMILES string of the molecule is CCC(C)(Br)I. The van der Waals surface area contributed by atoms with Crippen molar-refractivity contribution >= 4 is 38.5 Å². The van der Waals surface area contributed by atoms with Gasteiger partial charge in [-0.1, -0.05) is 45.4 Å². The van der Waals surface area contributed by atoms with E-state index < -0.39 is 0 Å². The topological polar surface area (TPSA) is 0 Å². The van der Waals surface area contributed by atoms with Gasteiger partial charge in [-0.2, -0.15) is 0 Å². The Bertz CT molecular complexity index is 37.3. The Labute approximate surface area is 61.0 Å². The normalized spacial score (nSPS) is 20.0. The number of hydrogen-bond donors (Lipinski definition) is 0. The molecule has 0 bridgehead atoms. The maximum atomic E-state index is 3.46. The summed E-state index contributed by atoms with van der Waals surface area (Å²) in [6.45, 7) is 4.30. The fourth-order valence-electron chi connectivity index (χ4n) is 0. The van der Waals surface area contributed by atoms with Crippen molar-refractivity contribution in [1.82, 2.24) is 0 Å². The summed E-state index contributed by atoms with van der Waals surface area (Å²) in [5.41, 5.74) is 0. The molecule has 38 valence electrons. The first-order valence-electron chi connectivity index (χ1n) is 1.94. The van der Waals surface area contributed by atoms with Gasteiger partial charge in [0, 0.05) is 0 Å². The molecule has 0 rings (SSSR count). The molecule has 0 aliphatic rings. The molecule has 0 aromatic carbocycles. The van der Waals surface area contributed by atoms with E-state index in [1.165, 1.54) is 6.42 Å². The van der Waals surface area contributed by atoms with Crippen LogP contribution in [0.2, 0.25) is 0 Å². The van der Waals surface area contributed by atoms with Crippen LogP contribution in [0.1, 0.15) is 20.3 Å². The second-order valence-electron chi connectivity index (χ2n) is 1.42. The highest BCUT2D eigenvalue weighted by Crippen LogP contribution is 2.28. The fraction of sp³-hybridized carbons (Fsp3) is 1.00. The predicted octanol–water partition coefficient (Wildman–Crippen LogP) is 2.94. The van der Waals surface area contributed by atoms with Crippen LogP contribution in [0.5, 0.6) is 0 Å². The third-order valence-corrected chi connectivity index (χ3v) is 1.94. The van der Waals surface area contributed by atoms with Crippen molar-refractivity contribution in [3.63, 3.8) is 0 Å². The maximum absolute atomic E-state index is 3.46. The van der Waals surface area contributed by atoms with Gasteiger partial charge >= 0.3 is 0 Å². The van der Waals surface area contributed by atoms with Crippen molar-refractivity contribution in [1.29, 1.82) is 0 Å². The van der Waals surface area contributed by atoms with Crippen LogP contribution in [0, 0.1) is 0 Å². The first-order valence-corrected chi connectivity index (χ1v) is 3.81. The molecule has 0 amide bonds. The summed E-state index contributed by atoms with van der Waals surface area (Å²) in [7, 11) is 0. The predicted molar refractivity (Wildman–Crippen MR) is 41.6 cm³/mol. The quantitative estimate of drug-likeness (QED) is 0.504. The second kappa shape index (κ2) is 2.50. The van der Waals surface area contributed by atoms with E-state index in [1.807, 2.05) is 0 Å². The van der Waals surface area contributed by atoms with E-state index in [9.17, 15) is 0 Å². The summed E-state index contributed by atoms with van der Waals surface area (Å²) in [5.74, 6) is 0. The van der Waals surface area contributed by atoms with Gasteiger partial charge in [-0.15, -0.1) is 0 Å². The molecule has 0 aromatic rings. The molecule has 0 aliphatic carbocycles. The number of halogens is 2. The van der Waals surface area contributed by atoms with Crippen LogP contribution in [-0.4, -0.2) is 2.33 Å². The lowest BCUT2D eigenvalue weighted by Crippen LogP contribution is -1.98. The Morgan fingerprint density at radius 3 is 2.00 bits per heavy atom. The summed E-state index contributed by atoms with van der Waals surface area (Å²) in [4.78, 5) is 0. The molecule has 0 radical (unpaired) electrons.